The van der Waals surface area contributed by atoms with Gasteiger partial charge in [0.15, 0.2) is 0 Å². The Bertz CT molecular complexity index is 187. The average molecular weight is 185 g/mol. The molecule has 2 N–H and O–H groups in total. The van der Waals surface area contributed by atoms with Gasteiger partial charge in [-0.05, 0) is 25.7 Å². The number of aliphatic hydroxyl groups is 1. The van der Waals surface area contributed by atoms with Gasteiger partial charge in [-0.3, -0.25) is 4.79 Å². The summed E-state index contributed by atoms with van der Waals surface area (Å²) in [5.41, 5.74) is -0.633. The minimum absolute atomic E-state index is 0.0323. The van der Waals surface area contributed by atoms with Crippen LogP contribution in [-0.2, 0) is 4.79 Å². The van der Waals surface area contributed by atoms with E-state index in [1.165, 1.54) is 0 Å². The third kappa shape index (κ3) is 2.44. The van der Waals surface area contributed by atoms with Crippen LogP contribution in [0, 0.1) is 5.92 Å². The van der Waals surface area contributed by atoms with Gasteiger partial charge in [-0.2, -0.15) is 0 Å². The summed E-state index contributed by atoms with van der Waals surface area (Å²) in [4.78, 5) is 11.3. The van der Waals surface area contributed by atoms with E-state index in [1.54, 1.807) is 0 Å². The molecule has 1 amide bonds. The van der Waals surface area contributed by atoms with Crippen LogP contribution in [0.4, 0.5) is 0 Å². The normalized spacial score (nSPS) is 23.3. The van der Waals surface area contributed by atoms with Gasteiger partial charge in [0.05, 0.1) is 5.60 Å². The molecule has 76 valence electrons. The Balaban J connectivity index is 2.50. The third-order valence-electron chi connectivity index (χ3n) is 3.11. The average Bonchev–Trinajstić information content (AvgIpc) is 2.52. The molecule has 0 aliphatic carbocycles. The van der Waals surface area contributed by atoms with Gasteiger partial charge >= 0.3 is 0 Å². The lowest BCUT2D eigenvalue weighted by Crippen LogP contribution is -2.32. The number of hydrogen-bond acceptors (Lipinski definition) is 2. The van der Waals surface area contributed by atoms with Crippen LogP contribution in [0.5, 0.6) is 0 Å². The summed E-state index contributed by atoms with van der Waals surface area (Å²) >= 11 is 0. The predicted octanol–water partition coefficient (Wildman–Crippen LogP) is 1.06. The van der Waals surface area contributed by atoms with E-state index in [9.17, 15) is 9.90 Å². The van der Waals surface area contributed by atoms with E-state index >= 15 is 0 Å². The van der Waals surface area contributed by atoms with Crippen molar-refractivity contribution in [3.63, 3.8) is 0 Å². The van der Waals surface area contributed by atoms with Gasteiger partial charge < -0.3 is 10.4 Å². The molecule has 3 heteroatoms. The van der Waals surface area contributed by atoms with Crippen molar-refractivity contribution >= 4 is 5.91 Å². The zero-order chi connectivity index (χ0) is 9.90. The lowest BCUT2D eigenvalue weighted by Gasteiger charge is -2.27. The van der Waals surface area contributed by atoms with Gasteiger partial charge in [-0.15, -0.1) is 0 Å². The number of amides is 1. The summed E-state index contributed by atoms with van der Waals surface area (Å²) < 4.78 is 0. The highest BCUT2D eigenvalue weighted by molar-refractivity contribution is 5.80. The molecule has 0 aromatic heterocycles. The summed E-state index contributed by atoms with van der Waals surface area (Å²) in [6.45, 7) is 4.71. The van der Waals surface area contributed by atoms with E-state index in [1.807, 2.05) is 13.8 Å². The molecule has 1 aliphatic heterocycles. The smallest absolute Gasteiger partial charge is 0.223 e. The second-order valence-electron chi connectivity index (χ2n) is 3.91. The molecule has 13 heavy (non-hydrogen) atoms. The Hall–Kier alpha value is -0.570. The Labute approximate surface area is 79.5 Å². The molecule has 1 atom stereocenters. The summed E-state index contributed by atoms with van der Waals surface area (Å²) in [5.74, 6) is 0.144. The second-order valence-corrected chi connectivity index (χ2v) is 3.91. The number of hydrogen-bond donors (Lipinski definition) is 2. The first-order chi connectivity index (χ1) is 6.11. The van der Waals surface area contributed by atoms with Gasteiger partial charge in [0.2, 0.25) is 5.91 Å². The zero-order valence-electron chi connectivity index (χ0n) is 8.47. The molecule has 1 saturated heterocycles. The molecule has 1 heterocycles. The maximum Gasteiger partial charge on any atom is 0.223 e. The quantitative estimate of drug-likeness (QED) is 0.688. The summed E-state index contributed by atoms with van der Waals surface area (Å²) in [6.07, 6.45) is 2.95. The Kier molecular flexibility index (Phi) is 3.31. The van der Waals surface area contributed by atoms with Crippen LogP contribution in [0.3, 0.4) is 0 Å². The molecule has 0 saturated carbocycles. The van der Waals surface area contributed by atoms with E-state index in [4.69, 9.17) is 0 Å². The van der Waals surface area contributed by atoms with Gasteiger partial charge in [0.25, 0.3) is 0 Å². The summed E-state index contributed by atoms with van der Waals surface area (Å²) in [6, 6.07) is 0. The fourth-order valence-electron chi connectivity index (χ4n) is 1.84. The molecular formula is C10H19NO2. The molecule has 0 bridgehead atoms. The van der Waals surface area contributed by atoms with Crippen molar-refractivity contribution in [3.8, 4) is 0 Å². The van der Waals surface area contributed by atoms with E-state index < -0.39 is 5.60 Å². The van der Waals surface area contributed by atoms with E-state index in [0.29, 0.717) is 6.42 Å². The first-order valence-electron chi connectivity index (χ1n) is 5.11. The Morgan fingerprint density at radius 3 is 2.54 bits per heavy atom. The van der Waals surface area contributed by atoms with Gasteiger partial charge in [0, 0.05) is 12.5 Å². The lowest BCUT2D eigenvalue weighted by atomic mass is 9.85. The molecule has 3 nitrogen and oxygen atoms in total. The van der Waals surface area contributed by atoms with Crippen molar-refractivity contribution < 1.29 is 9.90 Å². The Morgan fingerprint density at radius 1 is 1.54 bits per heavy atom. The maximum absolute atomic E-state index is 11.3. The topological polar surface area (TPSA) is 49.3 Å². The van der Waals surface area contributed by atoms with Crippen LogP contribution in [-0.4, -0.2) is 23.2 Å². The summed E-state index contributed by atoms with van der Waals surface area (Å²) in [7, 11) is 0. The second kappa shape index (κ2) is 4.09. The van der Waals surface area contributed by atoms with Crippen LogP contribution in [0.2, 0.25) is 0 Å². The largest absolute Gasteiger partial charge is 0.390 e. The van der Waals surface area contributed by atoms with Crippen LogP contribution in [0.1, 0.15) is 39.5 Å². The number of carbonyl (C=O) groups is 1. The van der Waals surface area contributed by atoms with Crippen molar-refractivity contribution in [1.82, 2.24) is 5.32 Å². The van der Waals surface area contributed by atoms with Gasteiger partial charge in [0.1, 0.15) is 0 Å². The van der Waals surface area contributed by atoms with Crippen molar-refractivity contribution in [2.24, 2.45) is 5.92 Å². The fourth-order valence-corrected chi connectivity index (χ4v) is 1.84. The fraction of sp³-hybridized carbons (Fsp3) is 0.900. The van der Waals surface area contributed by atoms with E-state index in [0.717, 1.165) is 25.8 Å². The number of rotatable bonds is 4. The number of nitrogens with one attached hydrogen (secondary N) is 1. The van der Waals surface area contributed by atoms with Crippen molar-refractivity contribution in [2.75, 3.05) is 6.54 Å². The highest BCUT2D eigenvalue weighted by Crippen LogP contribution is 2.27. The summed E-state index contributed by atoms with van der Waals surface area (Å²) in [5, 5.41) is 12.8. The van der Waals surface area contributed by atoms with Crippen LogP contribution >= 0.6 is 0 Å². The minimum atomic E-state index is -0.633. The van der Waals surface area contributed by atoms with Crippen LogP contribution < -0.4 is 5.32 Å². The molecule has 1 aliphatic rings. The predicted molar refractivity (Wildman–Crippen MR) is 51.3 cm³/mol. The molecule has 0 radical (unpaired) electrons. The SMILES string of the molecule is CCC(O)(CC)CC1CCNC1=O. The highest BCUT2D eigenvalue weighted by atomic mass is 16.3. The van der Waals surface area contributed by atoms with Gasteiger partial charge in [-0.1, -0.05) is 13.8 Å². The highest BCUT2D eigenvalue weighted by Gasteiger charge is 2.32. The van der Waals surface area contributed by atoms with E-state index in [2.05, 4.69) is 5.32 Å². The van der Waals surface area contributed by atoms with E-state index in [-0.39, 0.29) is 11.8 Å². The Morgan fingerprint density at radius 2 is 2.15 bits per heavy atom. The van der Waals surface area contributed by atoms with Crippen LogP contribution in [0.15, 0.2) is 0 Å². The minimum Gasteiger partial charge on any atom is -0.390 e. The standard InChI is InChI=1S/C10H19NO2/c1-3-10(13,4-2)7-8-5-6-11-9(8)12/h8,13H,3-7H2,1-2H3,(H,11,12). The molecule has 1 rings (SSSR count). The van der Waals surface area contributed by atoms with Gasteiger partial charge in [-0.25, -0.2) is 0 Å². The molecule has 0 spiro atoms. The van der Waals surface area contributed by atoms with Crippen molar-refractivity contribution in [2.45, 2.75) is 45.1 Å². The third-order valence-corrected chi connectivity index (χ3v) is 3.11. The van der Waals surface area contributed by atoms with Crippen LogP contribution in [0.25, 0.3) is 0 Å². The monoisotopic (exact) mass is 185 g/mol. The molecule has 1 fully saturated rings. The molecule has 1 unspecified atom stereocenters. The number of carbonyl (C=O) groups excluding carboxylic acids is 1. The molecular weight excluding hydrogens is 166 g/mol. The first kappa shape index (κ1) is 10.5. The zero-order valence-corrected chi connectivity index (χ0v) is 8.47. The molecule has 0 aromatic rings. The maximum atomic E-state index is 11.3. The van der Waals surface area contributed by atoms with Crippen molar-refractivity contribution in [3.05, 3.63) is 0 Å². The first-order valence-corrected chi connectivity index (χ1v) is 5.11. The molecule has 0 aromatic carbocycles. The van der Waals surface area contributed by atoms with Crippen molar-refractivity contribution in [1.29, 1.82) is 0 Å². The lowest BCUT2D eigenvalue weighted by molar-refractivity contribution is -0.124.